The highest BCUT2D eigenvalue weighted by molar-refractivity contribution is 5.92. The van der Waals surface area contributed by atoms with E-state index in [9.17, 15) is 4.79 Å². The van der Waals surface area contributed by atoms with E-state index in [2.05, 4.69) is 4.90 Å². The molecule has 1 fully saturated rings. The Morgan fingerprint density at radius 1 is 1.19 bits per heavy atom. The van der Waals surface area contributed by atoms with Gasteiger partial charge in [0, 0.05) is 24.9 Å². The minimum Gasteiger partial charge on any atom is -0.330 e. The Kier molecular flexibility index (Phi) is 4.91. The Labute approximate surface area is 155 Å². The third-order valence-electron chi connectivity index (χ3n) is 5.78. The first kappa shape index (κ1) is 17.1. The van der Waals surface area contributed by atoms with Crippen molar-refractivity contribution in [2.75, 3.05) is 0 Å². The van der Waals surface area contributed by atoms with Gasteiger partial charge in [-0.15, -0.1) is 0 Å². The monoisotopic (exact) mass is 349 g/mol. The Bertz CT molecular complexity index is 800. The molecule has 2 aliphatic rings. The summed E-state index contributed by atoms with van der Waals surface area (Å²) >= 11 is 0. The standard InChI is InChI=1S/C22H27N3O/c1-24-21-13-7-12-19(21)20(23-24)16-25(18-10-5-6-11-18)22(26)15-14-17-8-3-2-4-9-17/h2-4,8-9,14-15,18H,5-7,10-13,16H2,1H3/b15-14+. The van der Waals surface area contributed by atoms with Crippen molar-refractivity contribution in [3.05, 3.63) is 58.9 Å². The summed E-state index contributed by atoms with van der Waals surface area (Å²) in [5, 5.41) is 4.74. The van der Waals surface area contributed by atoms with Crippen LogP contribution < -0.4 is 0 Å². The minimum absolute atomic E-state index is 0.109. The van der Waals surface area contributed by atoms with Gasteiger partial charge in [-0.1, -0.05) is 43.2 Å². The number of rotatable bonds is 5. The minimum atomic E-state index is 0.109. The number of carbonyl (C=O) groups excluding carboxylic acids is 1. The van der Waals surface area contributed by atoms with E-state index in [1.807, 2.05) is 48.1 Å². The molecule has 2 aliphatic carbocycles. The first-order chi connectivity index (χ1) is 12.7. The topological polar surface area (TPSA) is 38.1 Å². The molecule has 4 heteroatoms. The van der Waals surface area contributed by atoms with Crippen LogP contribution in [0.1, 0.15) is 54.6 Å². The van der Waals surface area contributed by atoms with Crippen LogP contribution in [0.2, 0.25) is 0 Å². The molecule has 0 aliphatic heterocycles. The number of nitrogens with zero attached hydrogens (tertiary/aromatic N) is 3. The highest BCUT2D eigenvalue weighted by atomic mass is 16.2. The van der Waals surface area contributed by atoms with Crippen LogP contribution in [-0.2, 0) is 31.2 Å². The summed E-state index contributed by atoms with van der Waals surface area (Å²) < 4.78 is 2.02. The highest BCUT2D eigenvalue weighted by Crippen LogP contribution is 2.29. The fraction of sp³-hybridized carbons (Fsp3) is 0.455. The largest absolute Gasteiger partial charge is 0.330 e. The van der Waals surface area contributed by atoms with Gasteiger partial charge in [-0.2, -0.15) is 5.10 Å². The van der Waals surface area contributed by atoms with Gasteiger partial charge in [-0.05, 0) is 49.3 Å². The van der Waals surface area contributed by atoms with Crippen LogP contribution in [0.25, 0.3) is 6.08 Å². The lowest BCUT2D eigenvalue weighted by Crippen LogP contribution is -2.37. The Balaban J connectivity index is 1.56. The summed E-state index contributed by atoms with van der Waals surface area (Å²) in [6, 6.07) is 10.4. The molecule has 4 nitrogen and oxygen atoms in total. The second kappa shape index (κ2) is 7.48. The maximum atomic E-state index is 13.0. The number of hydrogen-bond acceptors (Lipinski definition) is 2. The van der Waals surface area contributed by atoms with Gasteiger partial charge < -0.3 is 4.90 Å². The van der Waals surface area contributed by atoms with Gasteiger partial charge in [-0.25, -0.2) is 0 Å². The van der Waals surface area contributed by atoms with Gasteiger partial charge in [0.05, 0.1) is 12.2 Å². The summed E-state index contributed by atoms with van der Waals surface area (Å²) in [6.45, 7) is 0.645. The maximum absolute atomic E-state index is 13.0. The van der Waals surface area contributed by atoms with E-state index in [0.29, 0.717) is 12.6 Å². The second-order valence-electron chi connectivity index (χ2n) is 7.50. The van der Waals surface area contributed by atoms with Crippen molar-refractivity contribution in [3.63, 3.8) is 0 Å². The summed E-state index contributed by atoms with van der Waals surface area (Å²) in [5.74, 6) is 0.109. The quantitative estimate of drug-likeness (QED) is 0.768. The Morgan fingerprint density at radius 3 is 2.73 bits per heavy atom. The van der Waals surface area contributed by atoms with Crippen LogP contribution in [0.15, 0.2) is 36.4 Å². The van der Waals surface area contributed by atoms with Crippen molar-refractivity contribution >= 4 is 12.0 Å². The highest BCUT2D eigenvalue weighted by Gasteiger charge is 2.29. The second-order valence-corrected chi connectivity index (χ2v) is 7.50. The average molecular weight is 349 g/mol. The van der Waals surface area contributed by atoms with Gasteiger partial charge in [-0.3, -0.25) is 9.48 Å². The zero-order valence-electron chi connectivity index (χ0n) is 15.5. The summed E-state index contributed by atoms with van der Waals surface area (Å²) in [7, 11) is 2.03. The van der Waals surface area contributed by atoms with Crippen molar-refractivity contribution in [1.29, 1.82) is 0 Å². The molecule has 0 radical (unpaired) electrons. The van der Waals surface area contributed by atoms with E-state index in [-0.39, 0.29) is 5.91 Å². The number of carbonyl (C=O) groups is 1. The molecule has 0 saturated heterocycles. The van der Waals surface area contributed by atoms with Crippen LogP contribution in [0, 0.1) is 0 Å². The zero-order chi connectivity index (χ0) is 17.9. The summed E-state index contributed by atoms with van der Waals surface area (Å²) in [4.78, 5) is 15.1. The van der Waals surface area contributed by atoms with E-state index in [0.717, 1.165) is 36.9 Å². The van der Waals surface area contributed by atoms with Crippen LogP contribution >= 0.6 is 0 Å². The van der Waals surface area contributed by atoms with Crippen LogP contribution in [-0.4, -0.2) is 26.6 Å². The summed E-state index contributed by atoms with van der Waals surface area (Å²) in [6.07, 6.45) is 11.7. The molecule has 26 heavy (non-hydrogen) atoms. The molecular formula is C22H27N3O. The third kappa shape index (κ3) is 3.46. The number of aryl methyl sites for hydroxylation is 1. The molecule has 1 aromatic carbocycles. The third-order valence-corrected chi connectivity index (χ3v) is 5.78. The smallest absolute Gasteiger partial charge is 0.247 e. The van der Waals surface area contributed by atoms with Gasteiger partial charge in [0.25, 0.3) is 0 Å². The van der Waals surface area contributed by atoms with Crippen molar-refractivity contribution in [1.82, 2.24) is 14.7 Å². The first-order valence-corrected chi connectivity index (χ1v) is 9.80. The molecule has 4 rings (SSSR count). The summed E-state index contributed by atoms with van der Waals surface area (Å²) in [5.41, 5.74) is 4.91. The molecule has 1 heterocycles. The van der Waals surface area contributed by atoms with Crippen molar-refractivity contribution in [3.8, 4) is 0 Å². The Hall–Kier alpha value is -2.36. The fourth-order valence-electron chi connectivity index (χ4n) is 4.42. The zero-order valence-corrected chi connectivity index (χ0v) is 15.5. The number of benzene rings is 1. The van der Waals surface area contributed by atoms with E-state index in [4.69, 9.17) is 5.10 Å². The van der Waals surface area contributed by atoms with E-state index in [1.54, 1.807) is 6.08 Å². The number of fused-ring (bicyclic) bond motifs is 1. The molecule has 1 amide bonds. The lowest BCUT2D eigenvalue weighted by molar-refractivity contribution is -0.128. The molecule has 1 saturated carbocycles. The van der Waals surface area contributed by atoms with Crippen molar-refractivity contribution < 1.29 is 4.79 Å². The van der Waals surface area contributed by atoms with Crippen LogP contribution in [0.3, 0.4) is 0 Å². The molecule has 0 bridgehead atoms. The van der Waals surface area contributed by atoms with Gasteiger partial charge in [0.2, 0.25) is 5.91 Å². The van der Waals surface area contributed by atoms with E-state index in [1.165, 1.54) is 30.5 Å². The number of hydrogen-bond donors (Lipinski definition) is 0. The van der Waals surface area contributed by atoms with Crippen LogP contribution in [0.5, 0.6) is 0 Å². The first-order valence-electron chi connectivity index (χ1n) is 9.80. The predicted octanol–water partition coefficient (Wildman–Crippen LogP) is 3.89. The molecule has 0 atom stereocenters. The van der Waals surface area contributed by atoms with Crippen molar-refractivity contribution in [2.45, 2.75) is 57.5 Å². The normalized spacial score (nSPS) is 17.1. The molecule has 0 unspecified atom stereocenters. The average Bonchev–Trinajstić information content (AvgIpc) is 3.39. The fourth-order valence-corrected chi connectivity index (χ4v) is 4.42. The Morgan fingerprint density at radius 2 is 1.96 bits per heavy atom. The lowest BCUT2D eigenvalue weighted by Gasteiger charge is -2.27. The van der Waals surface area contributed by atoms with Gasteiger partial charge >= 0.3 is 0 Å². The van der Waals surface area contributed by atoms with Gasteiger partial charge in [0.15, 0.2) is 0 Å². The molecular weight excluding hydrogens is 322 g/mol. The van der Waals surface area contributed by atoms with E-state index >= 15 is 0 Å². The molecule has 1 aromatic heterocycles. The maximum Gasteiger partial charge on any atom is 0.247 e. The lowest BCUT2D eigenvalue weighted by atomic mass is 10.1. The SMILES string of the molecule is Cn1nc(CN(C(=O)/C=C/c2ccccc2)C2CCCC2)c2c1CCC2. The van der Waals surface area contributed by atoms with Crippen LogP contribution in [0.4, 0.5) is 0 Å². The van der Waals surface area contributed by atoms with Crippen molar-refractivity contribution in [2.24, 2.45) is 7.05 Å². The molecule has 0 N–H and O–H groups in total. The molecule has 136 valence electrons. The molecule has 2 aromatic rings. The molecule has 0 spiro atoms. The van der Waals surface area contributed by atoms with Gasteiger partial charge in [0.1, 0.15) is 0 Å². The van der Waals surface area contributed by atoms with E-state index < -0.39 is 0 Å². The predicted molar refractivity (Wildman–Crippen MR) is 104 cm³/mol. The number of aromatic nitrogens is 2. The number of amides is 1.